The molecular formula is C35H32N4O7. The van der Waals surface area contributed by atoms with Crippen molar-refractivity contribution in [2.75, 3.05) is 11.9 Å². The molecule has 46 heavy (non-hydrogen) atoms. The van der Waals surface area contributed by atoms with Gasteiger partial charge in [-0.3, -0.25) is 14.7 Å². The maximum atomic E-state index is 12.7. The summed E-state index contributed by atoms with van der Waals surface area (Å²) in [5, 5.41) is 36.5. The average molecular weight is 621 g/mol. The summed E-state index contributed by atoms with van der Waals surface area (Å²) in [7, 11) is 0. The van der Waals surface area contributed by atoms with Crippen LogP contribution in [0.2, 0.25) is 0 Å². The van der Waals surface area contributed by atoms with E-state index in [4.69, 9.17) is 4.42 Å². The lowest BCUT2D eigenvalue weighted by Gasteiger charge is -2.15. The number of benzene rings is 4. The lowest BCUT2D eigenvalue weighted by atomic mass is 9.99. The Kier molecular flexibility index (Phi) is 8.68. The molecule has 2 aromatic heterocycles. The van der Waals surface area contributed by atoms with Gasteiger partial charge in [-0.25, -0.2) is 9.59 Å². The summed E-state index contributed by atoms with van der Waals surface area (Å²) in [6, 6.07) is 26.7. The summed E-state index contributed by atoms with van der Waals surface area (Å²) in [6.45, 7) is 1.03. The second kappa shape index (κ2) is 13.1. The van der Waals surface area contributed by atoms with Gasteiger partial charge in [0.2, 0.25) is 5.56 Å². The lowest BCUT2D eigenvalue weighted by molar-refractivity contribution is 0.176. The predicted octanol–water partition coefficient (Wildman–Crippen LogP) is 5.35. The molecule has 11 heteroatoms. The molecule has 0 aliphatic heterocycles. The third kappa shape index (κ3) is 6.55. The van der Waals surface area contributed by atoms with Crippen LogP contribution in [0.15, 0.2) is 105 Å². The molecule has 6 N–H and O–H groups in total. The maximum absolute atomic E-state index is 12.7. The summed E-state index contributed by atoms with van der Waals surface area (Å²) in [5.74, 6) is -0.529. The van der Waals surface area contributed by atoms with Crippen molar-refractivity contribution in [2.24, 2.45) is 0 Å². The number of carboxylic acid groups (broad SMARTS) is 1. The molecule has 11 nitrogen and oxygen atoms in total. The van der Waals surface area contributed by atoms with Crippen LogP contribution in [-0.2, 0) is 19.5 Å². The molecular weight excluding hydrogens is 588 g/mol. The quantitative estimate of drug-likeness (QED) is 0.113. The number of hydrogen-bond donors (Lipinski definition) is 6. The van der Waals surface area contributed by atoms with Crippen LogP contribution in [0.1, 0.15) is 29.2 Å². The van der Waals surface area contributed by atoms with E-state index >= 15 is 0 Å². The van der Waals surface area contributed by atoms with Gasteiger partial charge >= 0.3 is 11.8 Å². The van der Waals surface area contributed by atoms with E-state index in [-0.39, 0.29) is 23.4 Å². The van der Waals surface area contributed by atoms with Crippen molar-refractivity contribution in [1.29, 1.82) is 0 Å². The van der Waals surface area contributed by atoms with Crippen molar-refractivity contribution in [3.8, 4) is 16.9 Å². The van der Waals surface area contributed by atoms with Gasteiger partial charge in [0.25, 0.3) is 0 Å². The molecule has 1 amide bonds. The molecule has 0 unspecified atom stereocenters. The Morgan fingerprint density at radius 1 is 0.935 bits per heavy atom. The summed E-state index contributed by atoms with van der Waals surface area (Å²) in [5.41, 5.74) is 5.62. The average Bonchev–Trinajstić information content (AvgIpc) is 3.35. The Balaban J connectivity index is 1.09. The molecule has 6 aromatic rings. The molecule has 0 saturated heterocycles. The molecule has 6 rings (SSSR count). The van der Waals surface area contributed by atoms with E-state index in [0.717, 1.165) is 22.3 Å². The van der Waals surface area contributed by atoms with Crippen molar-refractivity contribution in [2.45, 2.75) is 32.0 Å². The van der Waals surface area contributed by atoms with E-state index in [1.165, 1.54) is 12.1 Å². The van der Waals surface area contributed by atoms with Gasteiger partial charge in [0, 0.05) is 36.7 Å². The van der Waals surface area contributed by atoms with E-state index < -0.39 is 18.0 Å². The zero-order valence-electron chi connectivity index (χ0n) is 24.7. The molecule has 0 saturated carbocycles. The number of fused-ring (bicyclic) bond motifs is 2. The minimum Gasteiger partial charge on any atom is -0.506 e. The first-order valence-corrected chi connectivity index (χ1v) is 14.8. The highest BCUT2D eigenvalue weighted by atomic mass is 16.4. The Morgan fingerprint density at radius 2 is 1.74 bits per heavy atom. The zero-order valence-corrected chi connectivity index (χ0v) is 24.7. The number of aryl methyl sites for hydroxylation is 2. The fourth-order valence-corrected chi connectivity index (χ4v) is 5.72. The highest BCUT2D eigenvalue weighted by Gasteiger charge is 2.15. The number of hydrogen-bond acceptors (Lipinski definition) is 7. The van der Waals surface area contributed by atoms with Crippen molar-refractivity contribution in [3.63, 3.8) is 0 Å². The normalized spacial score (nSPS) is 12.0. The summed E-state index contributed by atoms with van der Waals surface area (Å²) in [4.78, 5) is 38.4. The number of oxazole rings is 1. The number of nitrogens with one attached hydrogen (secondary N) is 3. The van der Waals surface area contributed by atoms with Crippen molar-refractivity contribution in [3.05, 3.63) is 129 Å². The van der Waals surface area contributed by atoms with Crippen LogP contribution in [0.4, 0.5) is 10.5 Å². The lowest BCUT2D eigenvalue weighted by Crippen LogP contribution is -2.21. The zero-order chi connectivity index (χ0) is 32.2. The van der Waals surface area contributed by atoms with E-state index in [9.17, 15) is 29.7 Å². The van der Waals surface area contributed by atoms with Crippen LogP contribution in [0.25, 0.3) is 33.1 Å². The van der Waals surface area contributed by atoms with Crippen LogP contribution in [0.3, 0.4) is 0 Å². The number of amides is 1. The number of aliphatic hydroxyl groups is 1. The van der Waals surface area contributed by atoms with Crippen molar-refractivity contribution >= 4 is 33.8 Å². The molecule has 0 radical (unpaired) electrons. The molecule has 0 fully saturated rings. The summed E-state index contributed by atoms with van der Waals surface area (Å²) in [6.07, 6.45) is -0.783. The second-order valence-corrected chi connectivity index (χ2v) is 11.0. The van der Waals surface area contributed by atoms with Crippen molar-refractivity contribution < 1.29 is 24.5 Å². The number of carbonyl (C=O) groups is 1. The minimum atomic E-state index is -1.14. The maximum Gasteiger partial charge on any atom is 0.419 e. The number of phenols is 1. The summed E-state index contributed by atoms with van der Waals surface area (Å²) < 4.78 is 7.13. The highest BCUT2D eigenvalue weighted by molar-refractivity contribution is 5.91. The Bertz CT molecular complexity index is 2150. The van der Waals surface area contributed by atoms with Gasteiger partial charge in [-0.05, 0) is 65.4 Å². The van der Waals surface area contributed by atoms with Crippen LogP contribution < -0.4 is 21.9 Å². The number of aromatic amines is 1. The third-order valence-electron chi connectivity index (χ3n) is 7.92. The SMILES string of the molecule is O=C(O)Nc1cc(CCCn2c(=O)oc3cc(CNC[C@H](O)c4ccc(O)c5[nH]c(=O)ccc45)ccc32)ccc1-c1ccccc1. The van der Waals surface area contributed by atoms with Crippen LogP contribution >= 0.6 is 0 Å². The highest BCUT2D eigenvalue weighted by Crippen LogP contribution is 2.30. The van der Waals surface area contributed by atoms with Gasteiger partial charge < -0.3 is 30.0 Å². The number of pyridine rings is 1. The number of H-pyrrole nitrogens is 1. The van der Waals surface area contributed by atoms with Crippen LogP contribution in [0.5, 0.6) is 5.75 Å². The number of aromatic nitrogens is 2. The Morgan fingerprint density at radius 3 is 2.54 bits per heavy atom. The van der Waals surface area contributed by atoms with Gasteiger partial charge in [0.1, 0.15) is 5.75 Å². The largest absolute Gasteiger partial charge is 0.506 e. The van der Waals surface area contributed by atoms with E-state index in [1.54, 1.807) is 22.8 Å². The monoisotopic (exact) mass is 620 g/mol. The van der Waals surface area contributed by atoms with E-state index in [2.05, 4.69) is 15.6 Å². The molecule has 0 spiro atoms. The molecule has 4 aromatic carbocycles. The molecule has 0 aliphatic rings. The number of nitrogens with zero attached hydrogens (tertiary/aromatic N) is 1. The number of phenolic OH excluding ortho intramolecular Hbond substituents is 1. The second-order valence-electron chi connectivity index (χ2n) is 11.0. The topological polar surface area (TPSA) is 170 Å². The minimum absolute atomic E-state index is 0.0713. The van der Waals surface area contributed by atoms with E-state index in [1.807, 2.05) is 60.7 Å². The fraction of sp³-hybridized carbons (Fsp3) is 0.171. The predicted molar refractivity (Wildman–Crippen MR) is 175 cm³/mol. The van der Waals surface area contributed by atoms with Crippen LogP contribution in [-0.4, -0.2) is 37.5 Å². The van der Waals surface area contributed by atoms with Gasteiger partial charge in [-0.15, -0.1) is 0 Å². The van der Waals surface area contributed by atoms with Crippen molar-refractivity contribution in [1.82, 2.24) is 14.9 Å². The van der Waals surface area contributed by atoms with E-state index in [0.29, 0.717) is 53.7 Å². The summed E-state index contributed by atoms with van der Waals surface area (Å²) >= 11 is 0. The first-order valence-electron chi connectivity index (χ1n) is 14.8. The Labute approximate surface area is 262 Å². The standard InChI is InChI=1S/C35H32N4O7/c40-29-14-11-25(26-12-15-32(42)38-33(26)29)30(41)20-36-19-22-9-13-28-31(18-22)46-35(45)39(28)16-4-5-21-8-10-24(23-6-2-1-3-7-23)27(17-21)37-34(43)44/h1-3,6-15,17-18,30,36-37,40-41H,4-5,16,19-20H2,(H,38,42)(H,43,44)/t30-/m0/s1. The van der Waals surface area contributed by atoms with Gasteiger partial charge in [-0.1, -0.05) is 54.6 Å². The number of aliphatic hydroxyl groups excluding tert-OH is 1. The Hall–Kier alpha value is -5.65. The molecule has 234 valence electrons. The number of rotatable bonds is 11. The van der Waals surface area contributed by atoms with Gasteiger partial charge in [0.15, 0.2) is 5.58 Å². The van der Waals surface area contributed by atoms with Gasteiger partial charge in [0.05, 0.1) is 22.8 Å². The van der Waals surface area contributed by atoms with Gasteiger partial charge in [-0.2, -0.15) is 0 Å². The fourth-order valence-electron chi connectivity index (χ4n) is 5.72. The molecule has 1 atom stereocenters. The molecule has 0 aliphatic carbocycles. The third-order valence-corrected chi connectivity index (χ3v) is 7.92. The van der Waals surface area contributed by atoms with Crippen LogP contribution in [0, 0.1) is 0 Å². The first kappa shape index (κ1) is 30.4. The number of aromatic hydroxyl groups is 1. The molecule has 2 heterocycles. The number of anilines is 1. The smallest absolute Gasteiger partial charge is 0.419 e. The first-order chi connectivity index (χ1) is 22.3. The molecule has 0 bridgehead atoms.